The van der Waals surface area contributed by atoms with Crippen LogP contribution < -0.4 is 0 Å². The molecule has 0 saturated heterocycles. The van der Waals surface area contributed by atoms with Gasteiger partial charge in [0, 0.05) is 12.1 Å². The average Bonchev–Trinajstić information content (AvgIpc) is 2.38. The highest BCUT2D eigenvalue weighted by Gasteiger charge is 2.28. The molecule has 100 valence electrons. The third kappa shape index (κ3) is 4.31. The Labute approximate surface area is 115 Å². The number of nitrogens with zero attached hydrogens (tertiary/aromatic N) is 2. The van der Waals surface area contributed by atoms with Crippen LogP contribution in [0.4, 0.5) is 0 Å². The van der Waals surface area contributed by atoms with Crippen LogP contribution in [0, 0.1) is 0 Å². The zero-order chi connectivity index (χ0) is 12.1. The van der Waals surface area contributed by atoms with Gasteiger partial charge in [-0.25, -0.2) is 0 Å². The third-order valence-corrected chi connectivity index (χ3v) is 8.16. The highest BCUT2D eigenvalue weighted by atomic mass is 28.3. The molecule has 17 heavy (non-hydrogen) atoms. The van der Waals surface area contributed by atoms with Crippen LogP contribution in [0.2, 0.25) is 0 Å². The molecule has 2 rings (SSSR count). The first-order valence-corrected chi connectivity index (χ1v) is 10.7. The molecule has 2 saturated carbocycles. The highest BCUT2D eigenvalue weighted by Crippen LogP contribution is 2.29. The van der Waals surface area contributed by atoms with Gasteiger partial charge < -0.3 is 8.46 Å². The van der Waals surface area contributed by atoms with E-state index < -0.39 is 0 Å². The van der Waals surface area contributed by atoms with E-state index in [2.05, 4.69) is 8.46 Å². The normalized spacial score (nSPS) is 25.8. The summed E-state index contributed by atoms with van der Waals surface area (Å²) in [6.07, 6.45) is 15.1. The summed E-state index contributed by atoms with van der Waals surface area (Å²) in [6, 6.07) is 1.98. The van der Waals surface area contributed by atoms with Gasteiger partial charge in [-0.05, 0) is 25.7 Å². The summed E-state index contributed by atoms with van der Waals surface area (Å²) in [6.45, 7) is 0. The van der Waals surface area contributed by atoms with Crippen LogP contribution >= 0.6 is 0 Å². The van der Waals surface area contributed by atoms with Gasteiger partial charge in [0.1, 0.15) is 0 Å². The lowest BCUT2D eigenvalue weighted by molar-refractivity contribution is 0.166. The van der Waals surface area contributed by atoms with E-state index in [4.69, 9.17) is 0 Å². The van der Waals surface area contributed by atoms with Crippen LogP contribution in [0.15, 0.2) is 0 Å². The smallest absolute Gasteiger partial charge is 0.158 e. The topological polar surface area (TPSA) is 6.48 Å². The molecule has 0 N–H and O–H groups in total. The first-order valence-electron chi connectivity index (χ1n) is 7.68. The SMILES string of the molecule is [SiH3]N([SiH3])[SiH2]N(C1CCCCC1)C1CCCCC1. The minimum absolute atomic E-state index is 0.0395. The molecule has 0 radical (unpaired) electrons. The van der Waals surface area contributed by atoms with Gasteiger partial charge in [0.15, 0.2) is 9.84 Å². The van der Waals surface area contributed by atoms with Crippen molar-refractivity contribution < 1.29 is 0 Å². The Morgan fingerprint density at radius 3 is 1.47 bits per heavy atom. The maximum Gasteiger partial charge on any atom is 0.158 e. The lowest BCUT2D eigenvalue weighted by Gasteiger charge is -2.43. The van der Waals surface area contributed by atoms with Crippen molar-refractivity contribution in [3.63, 3.8) is 0 Å². The second-order valence-corrected chi connectivity index (χ2v) is 16.0. The number of hydrogen-bond donors (Lipinski definition) is 0. The summed E-state index contributed by atoms with van der Waals surface area (Å²) in [5.41, 5.74) is 0. The van der Waals surface area contributed by atoms with Crippen LogP contribution in [0.3, 0.4) is 0 Å². The first-order chi connectivity index (χ1) is 8.27. The van der Waals surface area contributed by atoms with Gasteiger partial charge in [0.2, 0.25) is 0 Å². The van der Waals surface area contributed by atoms with Crippen molar-refractivity contribution in [1.82, 2.24) is 8.46 Å². The predicted molar refractivity (Wildman–Crippen MR) is 85.8 cm³/mol. The molecule has 0 spiro atoms. The minimum atomic E-state index is -0.0395. The molecule has 0 aromatic carbocycles. The van der Waals surface area contributed by atoms with Gasteiger partial charge in [-0.3, -0.25) is 0 Å². The van der Waals surface area contributed by atoms with Gasteiger partial charge in [-0.15, -0.1) is 0 Å². The molecule has 0 bridgehead atoms. The molecule has 2 nitrogen and oxygen atoms in total. The fraction of sp³-hybridized carbons (Fsp3) is 1.00. The van der Waals surface area contributed by atoms with E-state index in [9.17, 15) is 0 Å². The molecule has 2 aliphatic carbocycles. The van der Waals surface area contributed by atoms with Gasteiger partial charge >= 0.3 is 0 Å². The molecule has 0 amide bonds. The number of rotatable bonds is 4. The minimum Gasteiger partial charge on any atom is -0.376 e. The molecule has 0 aromatic rings. The van der Waals surface area contributed by atoms with E-state index in [0.717, 1.165) is 12.1 Å². The maximum absolute atomic E-state index is 3.05. The molecule has 0 aliphatic heterocycles. The van der Waals surface area contributed by atoms with E-state index >= 15 is 0 Å². The van der Waals surface area contributed by atoms with Crippen LogP contribution in [0.5, 0.6) is 0 Å². The van der Waals surface area contributed by atoms with Crippen molar-refractivity contribution in [3.05, 3.63) is 0 Å². The predicted octanol–water partition coefficient (Wildman–Crippen LogP) is -0.185. The van der Waals surface area contributed by atoms with Gasteiger partial charge in [-0.2, -0.15) is 0 Å². The maximum atomic E-state index is 3.05. The molecule has 0 atom stereocenters. The average molecular weight is 287 g/mol. The summed E-state index contributed by atoms with van der Waals surface area (Å²) in [4.78, 5) is 0. The largest absolute Gasteiger partial charge is 0.376 e. The molecule has 0 unspecified atom stereocenters. The molecule has 0 aromatic heterocycles. The summed E-state index contributed by atoms with van der Waals surface area (Å²) >= 11 is 0. The first kappa shape index (κ1) is 14.0. The van der Waals surface area contributed by atoms with Crippen molar-refractivity contribution in [3.8, 4) is 0 Å². The Balaban J connectivity index is 1.95. The van der Waals surface area contributed by atoms with Crippen LogP contribution in [0.1, 0.15) is 64.2 Å². The van der Waals surface area contributed by atoms with Gasteiger partial charge in [-0.1, -0.05) is 38.5 Å². The fourth-order valence-corrected chi connectivity index (χ4v) is 7.49. The fourth-order valence-electron chi connectivity index (χ4n) is 3.68. The van der Waals surface area contributed by atoms with E-state index in [-0.39, 0.29) is 9.84 Å². The molecule has 2 aliphatic rings. The lowest BCUT2D eigenvalue weighted by atomic mass is 9.91. The Hall–Kier alpha value is 0.571. The Bertz CT molecular complexity index is 196. The zero-order valence-corrected chi connectivity index (χ0v) is 17.2. The van der Waals surface area contributed by atoms with E-state index in [1.165, 1.54) is 85.0 Å². The Morgan fingerprint density at radius 1 is 0.706 bits per heavy atom. The standard InChI is InChI=1S/C12H30N2Si3/c15-14(16)17-13(11-7-3-1-4-8-11)12-9-5-2-6-10-12/h11-12H,1-10,17H2,15-16H3. The van der Waals surface area contributed by atoms with Crippen molar-refractivity contribution in [2.75, 3.05) is 0 Å². The lowest BCUT2D eigenvalue weighted by Crippen LogP contribution is -2.52. The van der Waals surface area contributed by atoms with Crippen molar-refractivity contribution in [1.29, 1.82) is 0 Å². The van der Waals surface area contributed by atoms with E-state index in [1.807, 2.05) is 0 Å². The Morgan fingerprint density at radius 2 is 1.12 bits per heavy atom. The van der Waals surface area contributed by atoms with Crippen LogP contribution in [-0.2, 0) is 0 Å². The summed E-state index contributed by atoms with van der Waals surface area (Å²) in [5.74, 6) is 0. The monoisotopic (exact) mass is 286 g/mol. The molecule has 2 fully saturated rings. The molecular formula is C12H30N2Si3. The Kier molecular flexibility index (Phi) is 5.95. The van der Waals surface area contributed by atoms with Gasteiger partial charge in [0.05, 0.1) is 20.8 Å². The molecule has 0 heterocycles. The van der Waals surface area contributed by atoms with Crippen LogP contribution in [0.25, 0.3) is 0 Å². The second-order valence-electron chi connectivity index (χ2n) is 6.32. The van der Waals surface area contributed by atoms with Gasteiger partial charge in [0.25, 0.3) is 0 Å². The third-order valence-electron chi connectivity index (χ3n) is 4.53. The summed E-state index contributed by atoms with van der Waals surface area (Å²) in [5, 5.41) is 0. The molecular weight excluding hydrogens is 256 g/mol. The van der Waals surface area contributed by atoms with Crippen LogP contribution in [-0.4, -0.2) is 51.2 Å². The summed E-state index contributed by atoms with van der Waals surface area (Å²) in [7, 11) is 2.61. The molecule has 5 heteroatoms. The summed E-state index contributed by atoms with van der Waals surface area (Å²) < 4.78 is 5.83. The van der Waals surface area contributed by atoms with Crippen molar-refractivity contribution >= 4 is 30.7 Å². The van der Waals surface area contributed by atoms with E-state index in [0.29, 0.717) is 0 Å². The highest BCUT2D eigenvalue weighted by molar-refractivity contribution is 6.51. The van der Waals surface area contributed by atoms with Crippen molar-refractivity contribution in [2.24, 2.45) is 0 Å². The van der Waals surface area contributed by atoms with Crippen molar-refractivity contribution in [2.45, 2.75) is 76.3 Å². The number of hydrogen-bond acceptors (Lipinski definition) is 2. The zero-order valence-electron chi connectivity index (χ0n) is 11.8. The van der Waals surface area contributed by atoms with E-state index in [1.54, 1.807) is 0 Å². The second kappa shape index (κ2) is 7.23. The quantitative estimate of drug-likeness (QED) is 0.662.